The van der Waals surface area contributed by atoms with Crippen LogP contribution in [0.5, 0.6) is 0 Å². The molecule has 0 saturated heterocycles. The molecule has 0 aliphatic heterocycles. The number of carbonyl (C=O) groups is 1. The summed E-state index contributed by atoms with van der Waals surface area (Å²) in [5.41, 5.74) is 0. The van der Waals surface area contributed by atoms with Crippen LogP contribution in [0.1, 0.15) is 155 Å². The van der Waals surface area contributed by atoms with Crippen LogP contribution in [0.4, 0.5) is 0 Å². The van der Waals surface area contributed by atoms with Gasteiger partial charge in [-0.05, 0) is 32.1 Å². The molecule has 216 valence electrons. The highest BCUT2D eigenvalue weighted by molar-refractivity contribution is 5.81. The second kappa shape index (κ2) is 29.2. The second-order valence-corrected chi connectivity index (χ2v) is 11.5. The smallest absolute Gasteiger partial charge is 0.330 e. The molecule has 0 aromatic rings. The van der Waals surface area contributed by atoms with Gasteiger partial charge in [0.05, 0.1) is 33.8 Å². The van der Waals surface area contributed by atoms with E-state index in [1.165, 1.54) is 158 Å². The summed E-state index contributed by atoms with van der Waals surface area (Å²) in [5, 5.41) is 0. The third-order valence-corrected chi connectivity index (χ3v) is 7.44. The lowest BCUT2D eigenvalue weighted by atomic mass is 10.0. The minimum absolute atomic E-state index is 0. The normalized spacial score (nSPS) is 11.3. The molecule has 36 heavy (non-hydrogen) atoms. The van der Waals surface area contributed by atoms with Crippen LogP contribution < -0.4 is 17.0 Å². The highest BCUT2D eigenvalue weighted by Crippen LogP contribution is 2.15. The van der Waals surface area contributed by atoms with Crippen LogP contribution in [-0.4, -0.2) is 44.2 Å². The van der Waals surface area contributed by atoms with Crippen molar-refractivity contribution in [1.29, 1.82) is 0 Å². The van der Waals surface area contributed by atoms with Crippen LogP contribution in [0.25, 0.3) is 0 Å². The van der Waals surface area contributed by atoms with Crippen LogP contribution in [0.3, 0.4) is 0 Å². The van der Waals surface area contributed by atoms with E-state index >= 15 is 0 Å². The van der Waals surface area contributed by atoms with Crippen LogP contribution >= 0.6 is 0 Å². The molecule has 0 radical (unpaired) electrons. The molecule has 0 rings (SSSR count). The van der Waals surface area contributed by atoms with E-state index in [0.29, 0.717) is 6.61 Å². The van der Waals surface area contributed by atoms with Crippen molar-refractivity contribution in [3.05, 3.63) is 12.7 Å². The maximum Gasteiger partial charge on any atom is 0.330 e. The zero-order valence-electron chi connectivity index (χ0n) is 24.8. The molecule has 0 saturated carbocycles. The van der Waals surface area contributed by atoms with Gasteiger partial charge in [-0.15, -0.1) is 0 Å². The van der Waals surface area contributed by atoms with Crippen molar-refractivity contribution in [2.24, 2.45) is 0 Å². The van der Waals surface area contributed by atoms with Gasteiger partial charge in [0.2, 0.25) is 0 Å². The first-order valence-electron chi connectivity index (χ1n) is 15.6. The summed E-state index contributed by atoms with van der Waals surface area (Å²) in [7, 11) is 4.85. The third-order valence-electron chi connectivity index (χ3n) is 7.44. The molecule has 0 amide bonds. The Labute approximate surface area is 237 Å². The SMILES string of the molecule is C=CC(=O)OCCCCCCCCCCC[N+](C)(C)CCCCCCCCCCCCCCCC.[Br-]. The molecule has 0 unspecified atom stereocenters. The van der Waals surface area contributed by atoms with Crippen molar-refractivity contribution in [2.75, 3.05) is 33.8 Å². The van der Waals surface area contributed by atoms with Crippen molar-refractivity contribution in [1.82, 2.24) is 0 Å². The van der Waals surface area contributed by atoms with E-state index in [1.807, 2.05) is 0 Å². The Morgan fingerprint density at radius 3 is 1.22 bits per heavy atom. The number of nitrogens with zero attached hydrogens (tertiary/aromatic N) is 1. The Morgan fingerprint density at radius 1 is 0.583 bits per heavy atom. The highest BCUT2D eigenvalue weighted by Gasteiger charge is 2.13. The maximum atomic E-state index is 11.0. The monoisotopic (exact) mass is 573 g/mol. The van der Waals surface area contributed by atoms with E-state index in [9.17, 15) is 4.79 Å². The summed E-state index contributed by atoms with van der Waals surface area (Å²) in [6.07, 6.45) is 33.0. The van der Waals surface area contributed by atoms with E-state index in [1.54, 1.807) is 0 Å². The lowest BCUT2D eigenvalue weighted by Gasteiger charge is -2.30. The number of ether oxygens (including phenoxy) is 1. The van der Waals surface area contributed by atoms with Crippen LogP contribution in [0, 0.1) is 0 Å². The fourth-order valence-electron chi connectivity index (χ4n) is 4.96. The second-order valence-electron chi connectivity index (χ2n) is 11.5. The molecule has 4 heteroatoms. The third kappa shape index (κ3) is 29.9. The van der Waals surface area contributed by atoms with Crippen LogP contribution in [0.2, 0.25) is 0 Å². The Balaban J connectivity index is 0. The Kier molecular flexibility index (Phi) is 30.7. The number of rotatable bonds is 28. The van der Waals surface area contributed by atoms with Gasteiger partial charge in [-0.3, -0.25) is 0 Å². The summed E-state index contributed by atoms with van der Waals surface area (Å²) in [6, 6.07) is 0. The molecule has 0 aromatic heterocycles. The molecule has 0 bridgehead atoms. The molecule has 3 nitrogen and oxygen atoms in total. The summed E-state index contributed by atoms with van der Waals surface area (Å²) >= 11 is 0. The standard InChI is InChI=1S/C32H64NO2.BrH/c1-5-7-8-9-10-11-12-13-14-15-17-20-23-26-29-33(3,4)30-27-24-21-18-16-19-22-25-28-31-35-32(34)6-2;/h6H,2,5,7-31H2,1,3-4H3;1H/q+1;/p-1. The fourth-order valence-corrected chi connectivity index (χ4v) is 4.96. The van der Waals surface area contributed by atoms with Gasteiger partial charge >= 0.3 is 5.97 Å². The number of esters is 1. The number of hydrogen-bond acceptors (Lipinski definition) is 2. The maximum absolute atomic E-state index is 11.0. The molecule has 0 fully saturated rings. The average molecular weight is 575 g/mol. The van der Waals surface area contributed by atoms with Crippen LogP contribution in [0.15, 0.2) is 12.7 Å². The first-order chi connectivity index (χ1) is 17.0. The first-order valence-corrected chi connectivity index (χ1v) is 15.6. The molecule has 0 aliphatic carbocycles. The summed E-state index contributed by atoms with van der Waals surface area (Å²) in [6.45, 7) is 8.93. The zero-order chi connectivity index (χ0) is 25.9. The lowest BCUT2D eigenvalue weighted by Crippen LogP contribution is -3.00. The molecular formula is C32H64BrNO2. The molecule has 0 N–H and O–H groups in total. The van der Waals surface area contributed by atoms with E-state index in [4.69, 9.17) is 4.74 Å². The van der Waals surface area contributed by atoms with Gasteiger partial charge in [-0.2, -0.15) is 0 Å². The molecule has 0 aromatic carbocycles. The molecular weight excluding hydrogens is 510 g/mol. The quantitative estimate of drug-likeness (QED) is 0.0445. The van der Waals surface area contributed by atoms with Gasteiger partial charge in [0.25, 0.3) is 0 Å². The molecule has 0 atom stereocenters. The molecule has 0 spiro atoms. The number of unbranched alkanes of at least 4 members (excludes halogenated alkanes) is 21. The van der Waals surface area contributed by atoms with Crippen molar-refractivity contribution < 1.29 is 31.0 Å². The topological polar surface area (TPSA) is 26.3 Å². The number of carbonyl (C=O) groups excluding carboxylic acids is 1. The Morgan fingerprint density at radius 2 is 0.889 bits per heavy atom. The summed E-state index contributed by atoms with van der Waals surface area (Å²) < 4.78 is 6.21. The molecule has 0 heterocycles. The van der Waals surface area contributed by atoms with Gasteiger partial charge in [-0.1, -0.05) is 129 Å². The van der Waals surface area contributed by atoms with E-state index in [-0.39, 0.29) is 23.0 Å². The van der Waals surface area contributed by atoms with Crippen molar-refractivity contribution in [3.63, 3.8) is 0 Å². The van der Waals surface area contributed by atoms with Gasteiger partial charge in [0.1, 0.15) is 0 Å². The largest absolute Gasteiger partial charge is 1.00 e. The average Bonchev–Trinajstić information content (AvgIpc) is 2.84. The van der Waals surface area contributed by atoms with Gasteiger partial charge in [0, 0.05) is 6.08 Å². The van der Waals surface area contributed by atoms with Gasteiger partial charge in [0.15, 0.2) is 0 Å². The van der Waals surface area contributed by atoms with E-state index in [2.05, 4.69) is 27.6 Å². The van der Waals surface area contributed by atoms with Crippen molar-refractivity contribution >= 4 is 5.97 Å². The number of hydrogen-bond donors (Lipinski definition) is 0. The lowest BCUT2D eigenvalue weighted by molar-refractivity contribution is -0.890. The van der Waals surface area contributed by atoms with E-state index < -0.39 is 0 Å². The Hall–Kier alpha value is -0.350. The van der Waals surface area contributed by atoms with Crippen molar-refractivity contribution in [3.8, 4) is 0 Å². The van der Waals surface area contributed by atoms with Gasteiger partial charge < -0.3 is 26.2 Å². The fraction of sp³-hybridized carbons (Fsp3) is 0.906. The van der Waals surface area contributed by atoms with Crippen molar-refractivity contribution in [2.45, 2.75) is 155 Å². The predicted molar refractivity (Wildman–Crippen MR) is 155 cm³/mol. The zero-order valence-corrected chi connectivity index (χ0v) is 26.4. The van der Waals surface area contributed by atoms with Gasteiger partial charge in [-0.25, -0.2) is 4.79 Å². The number of quaternary nitrogens is 1. The summed E-state index contributed by atoms with van der Waals surface area (Å²) in [4.78, 5) is 11.0. The number of halogens is 1. The summed E-state index contributed by atoms with van der Waals surface area (Å²) in [5.74, 6) is -0.300. The minimum atomic E-state index is -0.300. The van der Waals surface area contributed by atoms with Crippen LogP contribution in [-0.2, 0) is 9.53 Å². The molecule has 0 aliphatic rings. The minimum Gasteiger partial charge on any atom is -1.00 e. The Bertz CT molecular complexity index is 467. The highest BCUT2D eigenvalue weighted by atomic mass is 79.9. The first kappa shape index (κ1) is 37.8. The predicted octanol–water partition coefficient (Wildman–Crippen LogP) is 6.79. The van der Waals surface area contributed by atoms with E-state index in [0.717, 1.165) is 12.8 Å².